The Labute approximate surface area is 158 Å². The fourth-order valence-corrected chi connectivity index (χ4v) is 3.11. The Kier molecular flexibility index (Phi) is 6.94. The maximum Gasteiger partial charge on any atom is 0.303 e. The van der Waals surface area contributed by atoms with E-state index in [2.05, 4.69) is 0 Å². The third-order valence-corrected chi connectivity index (χ3v) is 4.08. The molecule has 0 spiro atoms. The second kappa shape index (κ2) is 8.79. The molecule has 0 bridgehead atoms. The van der Waals surface area contributed by atoms with Crippen molar-refractivity contribution in [3.05, 3.63) is 35.9 Å². The van der Waals surface area contributed by atoms with Crippen LogP contribution in [0.1, 0.15) is 39.4 Å². The van der Waals surface area contributed by atoms with Gasteiger partial charge in [-0.2, -0.15) is 0 Å². The van der Waals surface area contributed by atoms with Crippen LogP contribution in [0.4, 0.5) is 0 Å². The maximum absolute atomic E-state index is 11.7. The van der Waals surface area contributed by atoms with Crippen molar-refractivity contribution < 1.29 is 38.7 Å². The molecule has 2 rings (SSSR count). The van der Waals surface area contributed by atoms with Crippen LogP contribution in [0.25, 0.3) is 0 Å². The van der Waals surface area contributed by atoms with E-state index in [-0.39, 0.29) is 0 Å². The molecule has 1 aliphatic rings. The molecule has 8 nitrogen and oxygen atoms in total. The van der Waals surface area contributed by atoms with Crippen LogP contribution in [0, 0.1) is 0 Å². The largest absolute Gasteiger partial charge is 0.457 e. The van der Waals surface area contributed by atoms with Crippen molar-refractivity contribution in [2.24, 2.45) is 0 Å². The number of aliphatic hydroxyl groups excluding tert-OH is 2. The van der Waals surface area contributed by atoms with Gasteiger partial charge in [0.25, 0.3) is 0 Å². The lowest BCUT2D eigenvalue weighted by Crippen LogP contribution is -2.49. The molecule has 150 valence electrons. The normalized spacial score (nSPS) is 24.7. The minimum Gasteiger partial charge on any atom is -0.457 e. The Morgan fingerprint density at radius 1 is 1.07 bits per heavy atom. The van der Waals surface area contributed by atoms with Gasteiger partial charge in [0.05, 0.1) is 6.61 Å². The first kappa shape index (κ1) is 21.3. The van der Waals surface area contributed by atoms with Crippen molar-refractivity contribution in [3.8, 4) is 0 Å². The summed E-state index contributed by atoms with van der Waals surface area (Å²) in [5.41, 5.74) is 0.657. The first-order valence-electron chi connectivity index (χ1n) is 8.68. The SMILES string of the molecule is CC(=O)O[C@@H]([C@@H]1OC(C)(C)O[C@@H]1[C@H](OC(C)=O)c1ccccc1)[C@H](O)CO. The van der Waals surface area contributed by atoms with Gasteiger partial charge in [-0.25, -0.2) is 0 Å². The molecule has 1 saturated heterocycles. The highest BCUT2D eigenvalue weighted by Crippen LogP contribution is 2.39. The number of carbonyl (C=O) groups is 2. The predicted molar refractivity (Wildman–Crippen MR) is 93.4 cm³/mol. The summed E-state index contributed by atoms with van der Waals surface area (Å²) in [6.45, 7) is 5.14. The number of aliphatic hydroxyl groups is 2. The van der Waals surface area contributed by atoms with Crippen LogP contribution in [0.3, 0.4) is 0 Å². The Morgan fingerprint density at radius 2 is 1.63 bits per heavy atom. The summed E-state index contributed by atoms with van der Waals surface area (Å²) in [5, 5.41) is 19.6. The van der Waals surface area contributed by atoms with Crippen LogP contribution in [0.5, 0.6) is 0 Å². The van der Waals surface area contributed by atoms with E-state index < -0.39 is 54.9 Å². The summed E-state index contributed by atoms with van der Waals surface area (Å²) in [6, 6.07) is 8.92. The van der Waals surface area contributed by atoms with E-state index in [0.29, 0.717) is 5.56 Å². The summed E-state index contributed by atoms with van der Waals surface area (Å²) in [6.07, 6.45) is -5.32. The molecule has 0 aliphatic carbocycles. The first-order valence-corrected chi connectivity index (χ1v) is 8.68. The van der Waals surface area contributed by atoms with Gasteiger partial charge in [0.2, 0.25) is 0 Å². The van der Waals surface area contributed by atoms with Crippen LogP contribution < -0.4 is 0 Å². The zero-order valence-electron chi connectivity index (χ0n) is 15.8. The molecule has 1 aromatic rings. The quantitative estimate of drug-likeness (QED) is 0.674. The summed E-state index contributed by atoms with van der Waals surface area (Å²) in [7, 11) is 0. The number of carbonyl (C=O) groups excluding carboxylic acids is 2. The Balaban J connectivity index is 2.43. The highest BCUT2D eigenvalue weighted by molar-refractivity contribution is 5.67. The van der Waals surface area contributed by atoms with Gasteiger partial charge in [-0.15, -0.1) is 0 Å². The number of benzene rings is 1. The molecule has 8 heteroatoms. The van der Waals surface area contributed by atoms with Crippen molar-refractivity contribution in [3.63, 3.8) is 0 Å². The molecular formula is C19H26O8. The topological polar surface area (TPSA) is 112 Å². The lowest BCUT2D eigenvalue weighted by molar-refractivity contribution is -0.183. The minimum absolute atomic E-state index is 0.525. The van der Waals surface area contributed by atoms with Crippen molar-refractivity contribution in [1.29, 1.82) is 0 Å². The van der Waals surface area contributed by atoms with Gasteiger partial charge in [-0.05, 0) is 19.4 Å². The van der Waals surface area contributed by atoms with Gasteiger partial charge in [0.15, 0.2) is 18.0 Å². The van der Waals surface area contributed by atoms with Crippen molar-refractivity contribution >= 4 is 11.9 Å². The predicted octanol–water partition coefficient (Wildman–Crippen LogP) is 1.10. The van der Waals surface area contributed by atoms with Gasteiger partial charge < -0.3 is 29.2 Å². The molecule has 27 heavy (non-hydrogen) atoms. The monoisotopic (exact) mass is 382 g/mol. The van der Waals surface area contributed by atoms with E-state index in [1.54, 1.807) is 38.1 Å². The van der Waals surface area contributed by atoms with E-state index in [1.807, 2.05) is 6.07 Å². The summed E-state index contributed by atoms with van der Waals surface area (Å²) < 4.78 is 22.5. The van der Waals surface area contributed by atoms with E-state index in [1.165, 1.54) is 13.8 Å². The summed E-state index contributed by atoms with van der Waals surface area (Å²) >= 11 is 0. The second-order valence-electron chi connectivity index (χ2n) is 6.83. The molecule has 0 unspecified atom stereocenters. The van der Waals surface area contributed by atoms with E-state index in [9.17, 15) is 19.8 Å². The smallest absolute Gasteiger partial charge is 0.303 e. The summed E-state index contributed by atoms with van der Waals surface area (Å²) in [5.74, 6) is -2.26. The first-order chi connectivity index (χ1) is 12.6. The van der Waals surface area contributed by atoms with Gasteiger partial charge in [0.1, 0.15) is 18.3 Å². The number of hydrogen-bond acceptors (Lipinski definition) is 8. The highest BCUT2D eigenvalue weighted by Gasteiger charge is 2.52. The standard InChI is InChI=1S/C19H26O8/c1-11(21)24-15(13-8-6-5-7-9-13)17-18(27-19(3,4)26-17)16(14(23)10-20)25-12(2)22/h5-9,14-18,20,23H,10H2,1-4H3/t14-,15-,16-,17-,18+/m1/s1. The van der Waals surface area contributed by atoms with Gasteiger partial charge >= 0.3 is 11.9 Å². The number of hydrogen-bond donors (Lipinski definition) is 2. The Bertz CT molecular complexity index is 644. The molecule has 0 radical (unpaired) electrons. The minimum atomic E-state index is -1.40. The summed E-state index contributed by atoms with van der Waals surface area (Å²) in [4.78, 5) is 23.2. The molecule has 0 saturated carbocycles. The van der Waals surface area contributed by atoms with E-state index >= 15 is 0 Å². The van der Waals surface area contributed by atoms with Crippen LogP contribution in [0.2, 0.25) is 0 Å². The molecule has 1 aromatic carbocycles. The molecule has 0 aromatic heterocycles. The maximum atomic E-state index is 11.7. The lowest BCUT2D eigenvalue weighted by atomic mass is 9.95. The zero-order valence-corrected chi connectivity index (χ0v) is 15.8. The second-order valence-corrected chi connectivity index (χ2v) is 6.83. The number of rotatable bonds is 7. The molecule has 1 aliphatic heterocycles. The third kappa shape index (κ3) is 5.49. The van der Waals surface area contributed by atoms with E-state index in [0.717, 1.165) is 0 Å². The molecule has 0 amide bonds. The number of ether oxygens (including phenoxy) is 4. The Hall–Kier alpha value is -2.00. The molecule has 1 heterocycles. The third-order valence-electron chi connectivity index (χ3n) is 4.08. The van der Waals surface area contributed by atoms with Crippen LogP contribution >= 0.6 is 0 Å². The fraction of sp³-hybridized carbons (Fsp3) is 0.579. The van der Waals surface area contributed by atoms with E-state index in [4.69, 9.17) is 18.9 Å². The van der Waals surface area contributed by atoms with Gasteiger partial charge in [-0.1, -0.05) is 30.3 Å². The van der Waals surface area contributed by atoms with Crippen LogP contribution in [-0.4, -0.2) is 59.0 Å². The van der Waals surface area contributed by atoms with Crippen LogP contribution in [-0.2, 0) is 28.5 Å². The van der Waals surface area contributed by atoms with Crippen molar-refractivity contribution in [2.75, 3.05) is 6.61 Å². The highest BCUT2D eigenvalue weighted by atomic mass is 16.8. The molecular weight excluding hydrogens is 356 g/mol. The van der Waals surface area contributed by atoms with Gasteiger partial charge in [0, 0.05) is 13.8 Å². The zero-order chi connectivity index (χ0) is 20.2. The average Bonchev–Trinajstić information content (AvgIpc) is 2.92. The lowest BCUT2D eigenvalue weighted by Gasteiger charge is -2.32. The molecule has 1 fully saturated rings. The fourth-order valence-electron chi connectivity index (χ4n) is 3.11. The van der Waals surface area contributed by atoms with Crippen molar-refractivity contribution in [1.82, 2.24) is 0 Å². The van der Waals surface area contributed by atoms with Gasteiger partial charge in [-0.3, -0.25) is 9.59 Å². The average molecular weight is 382 g/mol. The molecule has 2 N–H and O–H groups in total. The number of esters is 2. The molecule has 5 atom stereocenters. The van der Waals surface area contributed by atoms with Crippen molar-refractivity contribution in [2.45, 2.75) is 64.0 Å². The van der Waals surface area contributed by atoms with Crippen LogP contribution in [0.15, 0.2) is 30.3 Å². The Morgan fingerprint density at radius 3 is 2.15 bits per heavy atom.